The minimum atomic E-state index is -0.167. The van der Waals surface area contributed by atoms with E-state index in [0.717, 1.165) is 16.7 Å². The summed E-state index contributed by atoms with van der Waals surface area (Å²) in [6.45, 7) is 0.0341. The average molecular weight is 348 g/mol. The summed E-state index contributed by atoms with van der Waals surface area (Å²) in [6, 6.07) is 9.20. The van der Waals surface area contributed by atoms with Gasteiger partial charge in [0.25, 0.3) is 0 Å². The fourth-order valence-electron chi connectivity index (χ4n) is 2.21. The second-order valence-corrected chi connectivity index (χ2v) is 5.43. The first-order chi connectivity index (χ1) is 11.6. The highest BCUT2D eigenvalue weighted by atomic mass is 35.5. The Labute approximate surface area is 144 Å². The van der Waals surface area contributed by atoms with Crippen LogP contribution >= 0.6 is 11.6 Å². The van der Waals surface area contributed by atoms with Gasteiger partial charge in [-0.2, -0.15) is 5.53 Å². The van der Waals surface area contributed by atoms with Gasteiger partial charge in [0.15, 0.2) is 0 Å². The van der Waals surface area contributed by atoms with Gasteiger partial charge in [-0.15, -0.1) is 0 Å². The number of benzene rings is 1. The lowest BCUT2D eigenvalue weighted by Crippen LogP contribution is -2.24. The van der Waals surface area contributed by atoms with Crippen molar-refractivity contribution in [3.63, 3.8) is 0 Å². The quantitative estimate of drug-likeness (QED) is 0.308. The number of nitrogens with zero attached hydrogens (tertiary/aromatic N) is 3. The van der Waals surface area contributed by atoms with Gasteiger partial charge in [0, 0.05) is 23.2 Å². The molecule has 0 radical (unpaired) electrons. The Hall–Kier alpha value is -2.51. The van der Waals surface area contributed by atoms with Crippen LogP contribution in [0.4, 0.5) is 0 Å². The van der Waals surface area contributed by atoms with Gasteiger partial charge in [0.2, 0.25) is 5.88 Å². The summed E-state index contributed by atoms with van der Waals surface area (Å²) in [4.78, 5) is 4.28. The summed E-state index contributed by atoms with van der Waals surface area (Å²) < 4.78 is 5.31. The van der Waals surface area contributed by atoms with Crippen molar-refractivity contribution in [1.82, 2.24) is 9.99 Å². The van der Waals surface area contributed by atoms with Crippen LogP contribution in [0.3, 0.4) is 0 Å². The van der Waals surface area contributed by atoms with Crippen molar-refractivity contribution in [2.45, 2.75) is 13.0 Å². The van der Waals surface area contributed by atoms with Crippen molar-refractivity contribution >= 4 is 17.4 Å². The maximum absolute atomic E-state index is 8.92. The van der Waals surface area contributed by atoms with Crippen molar-refractivity contribution in [2.24, 2.45) is 5.22 Å². The number of pyridine rings is 1. The highest BCUT2D eigenvalue weighted by Gasteiger charge is 2.13. The monoisotopic (exact) mass is 347 g/mol. The number of aromatic nitrogens is 1. The number of hydrogen-bond acceptors (Lipinski definition) is 6. The number of aliphatic hydroxyl groups excluding tert-OH is 1. The molecule has 24 heavy (non-hydrogen) atoms. The molecular formula is C16H18ClN5O2. The molecule has 0 spiro atoms. The van der Waals surface area contributed by atoms with Crippen LogP contribution in [-0.4, -0.2) is 34.7 Å². The minimum Gasteiger partial charge on any atom is -0.481 e. The van der Waals surface area contributed by atoms with E-state index in [1.165, 1.54) is 5.01 Å². The second kappa shape index (κ2) is 8.37. The zero-order valence-electron chi connectivity index (χ0n) is 13.2. The predicted molar refractivity (Wildman–Crippen MR) is 91.4 cm³/mol. The SMILES string of the molecule is COc1ncc(CN(N=N)C(=N)CCO)cc1-c1cccc(Cl)c1. The highest BCUT2D eigenvalue weighted by Crippen LogP contribution is 2.30. The summed E-state index contributed by atoms with van der Waals surface area (Å²) in [5.41, 5.74) is 9.58. The summed E-state index contributed by atoms with van der Waals surface area (Å²) in [7, 11) is 1.54. The largest absolute Gasteiger partial charge is 0.481 e. The van der Waals surface area contributed by atoms with Crippen LogP contribution in [0.15, 0.2) is 41.8 Å². The van der Waals surface area contributed by atoms with E-state index in [9.17, 15) is 0 Å². The Bertz CT molecular complexity index is 738. The van der Waals surface area contributed by atoms with E-state index in [1.807, 2.05) is 24.3 Å². The first-order valence-electron chi connectivity index (χ1n) is 7.21. The number of halogens is 1. The molecule has 0 aliphatic rings. The number of ether oxygens (including phenoxy) is 1. The average Bonchev–Trinajstić information content (AvgIpc) is 2.59. The lowest BCUT2D eigenvalue weighted by Gasteiger charge is -2.18. The number of rotatable bonds is 7. The van der Waals surface area contributed by atoms with E-state index in [2.05, 4.69) is 10.2 Å². The third-order valence-corrected chi connectivity index (χ3v) is 3.59. The van der Waals surface area contributed by atoms with Gasteiger partial charge < -0.3 is 9.84 Å². The molecule has 0 atom stereocenters. The molecule has 8 heteroatoms. The lowest BCUT2D eigenvalue weighted by atomic mass is 10.1. The first-order valence-corrected chi connectivity index (χ1v) is 7.59. The van der Waals surface area contributed by atoms with Gasteiger partial charge in [0.05, 0.1) is 20.3 Å². The van der Waals surface area contributed by atoms with Gasteiger partial charge in [0.1, 0.15) is 5.84 Å². The number of amidine groups is 1. The van der Waals surface area contributed by atoms with Crippen LogP contribution in [0, 0.1) is 10.9 Å². The van der Waals surface area contributed by atoms with Gasteiger partial charge in [-0.25, -0.2) is 9.99 Å². The molecule has 0 aliphatic carbocycles. The van der Waals surface area contributed by atoms with E-state index in [4.69, 9.17) is 32.4 Å². The van der Waals surface area contributed by atoms with E-state index < -0.39 is 0 Å². The maximum atomic E-state index is 8.92. The van der Waals surface area contributed by atoms with E-state index in [-0.39, 0.29) is 25.4 Å². The second-order valence-electron chi connectivity index (χ2n) is 4.99. The van der Waals surface area contributed by atoms with E-state index in [1.54, 1.807) is 19.4 Å². The molecule has 2 rings (SSSR count). The maximum Gasteiger partial charge on any atom is 0.221 e. The van der Waals surface area contributed by atoms with Crippen LogP contribution in [0.2, 0.25) is 5.02 Å². The van der Waals surface area contributed by atoms with Crippen LogP contribution in [0.25, 0.3) is 11.1 Å². The Kier molecular flexibility index (Phi) is 6.22. The number of nitrogens with one attached hydrogen (secondary N) is 2. The molecule has 0 fully saturated rings. The van der Waals surface area contributed by atoms with Gasteiger partial charge in [-0.05, 0) is 29.3 Å². The molecule has 0 bridgehead atoms. The lowest BCUT2D eigenvalue weighted by molar-refractivity contribution is 0.294. The first kappa shape index (κ1) is 17.8. The van der Waals surface area contributed by atoms with Gasteiger partial charge in [-0.3, -0.25) is 5.41 Å². The van der Waals surface area contributed by atoms with Crippen LogP contribution in [0.5, 0.6) is 5.88 Å². The summed E-state index contributed by atoms with van der Waals surface area (Å²) in [5.74, 6) is 0.522. The smallest absolute Gasteiger partial charge is 0.221 e. The molecule has 0 saturated carbocycles. The highest BCUT2D eigenvalue weighted by molar-refractivity contribution is 6.30. The molecule has 7 nitrogen and oxygen atoms in total. The third-order valence-electron chi connectivity index (χ3n) is 3.35. The zero-order chi connectivity index (χ0) is 17.5. The van der Waals surface area contributed by atoms with Crippen molar-refractivity contribution < 1.29 is 9.84 Å². The zero-order valence-corrected chi connectivity index (χ0v) is 13.9. The fraction of sp³-hybridized carbons (Fsp3) is 0.250. The van der Waals surface area contributed by atoms with Crippen molar-refractivity contribution in [1.29, 1.82) is 10.9 Å². The Morgan fingerprint density at radius 2 is 2.21 bits per heavy atom. The Morgan fingerprint density at radius 3 is 2.83 bits per heavy atom. The standard InChI is InChI=1S/C16H18ClN5O2/c1-24-16-14(12-3-2-4-13(17)8-12)7-11(9-20-16)10-22(21-19)15(18)5-6-23/h2-4,7-9,18-19,23H,5-6,10H2,1H3. The molecule has 126 valence electrons. The van der Waals surface area contributed by atoms with Crippen LogP contribution in [0.1, 0.15) is 12.0 Å². The fourth-order valence-corrected chi connectivity index (χ4v) is 2.40. The van der Waals surface area contributed by atoms with Gasteiger partial charge in [-0.1, -0.05) is 29.0 Å². The summed E-state index contributed by atoms with van der Waals surface area (Å²) in [5, 5.41) is 21.9. The van der Waals surface area contributed by atoms with Crippen molar-refractivity contribution in [3.05, 3.63) is 47.1 Å². The normalized spacial score (nSPS) is 10.3. The molecule has 1 heterocycles. The number of methoxy groups -OCH3 is 1. The van der Waals surface area contributed by atoms with E-state index in [0.29, 0.717) is 10.9 Å². The molecular weight excluding hydrogens is 330 g/mol. The van der Waals surface area contributed by atoms with Crippen LogP contribution in [-0.2, 0) is 6.54 Å². The molecule has 3 N–H and O–H groups in total. The van der Waals surface area contributed by atoms with Crippen LogP contribution < -0.4 is 4.74 Å². The minimum absolute atomic E-state index is 0.0626. The number of hydrogen-bond donors (Lipinski definition) is 3. The predicted octanol–water partition coefficient (Wildman–Crippen LogP) is 3.52. The van der Waals surface area contributed by atoms with Crippen molar-refractivity contribution in [2.75, 3.05) is 13.7 Å². The molecule has 0 unspecified atom stereocenters. The molecule has 2 aromatic rings. The summed E-state index contributed by atoms with van der Waals surface area (Å²) >= 11 is 6.05. The molecule has 1 aromatic carbocycles. The Balaban J connectivity index is 2.34. The summed E-state index contributed by atoms with van der Waals surface area (Å²) in [6.07, 6.45) is 1.74. The van der Waals surface area contributed by atoms with Gasteiger partial charge >= 0.3 is 0 Å². The molecule has 0 saturated heterocycles. The Morgan fingerprint density at radius 1 is 1.42 bits per heavy atom. The molecule has 0 amide bonds. The van der Waals surface area contributed by atoms with Crippen molar-refractivity contribution in [3.8, 4) is 17.0 Å². The third kappa shape index (κ3) is 4.27. The molecule has 0 aliphatic heterocycles. The molecule has 1 aromatic heterocycles. The number of aliphatic hydroxyl groups is 1. The topological polar surface area (TPSA) is 106 Å². The van der Waals surface area contributed by atoms with E-state index >= 15 is 0 Å².